The molecular weight excluding hydrogens is 220 g/mol. The first-order valence-electron chi connectivity index (χ1n) is 5.43. The number of nitrogens with one attached hydrogen (secondary N) is 1. The first-order chi connectivity index (χ1) is 7.74. The molecule has 0 fully saturated rings. The third kappa shape index (κ3) is 4.81. The van der Waals surface area contributed by atoms with Gasteiger partial charge in [-0.1, -0.05) is 0 Å². The topological polar surface area (TPSA) is 41.1 Å². The highest BCUT2D eigenvalue weighted by molar-refractivity contribution is 7.98. The lowest BCUT2D eigenvalue weighted by atomic mass is 10.4. The first-order valence-corrected chi connectivity index (χ1v) is 6.82. The number of anilines is 1. The minimum atomic E-state index is 0.767. The van der Waals surface area contributed by atoms with E-state index >= 15 is 0 Å². The Balaban J connectivity index is 2.33. The van der Waals surface area contributed by atoms with Crippen molar-refractivity contribution in [1.29, 1.82) is 0 Å². The van der Waals surface area contributed by atoms with Gasteiger partial charge < -0.3 is 10.2 Å². The number of hydrogen-bond acceptors (Lipinski definition) is 5. The average Bonchev–Trinajstić information content (AvgIpc) is 2.29. The maximum absolute atomic E-state index is 4.44. The summed E-state index contributed by atoms with van der Waals surface area (Å²) < 4.78 is 0. The Morgan fingerprint density at radius 3 is 2.94 bits per heavy atom. The van der Waals surface area contributed by atoms with E-state index in [2.05, 4.69) is 21.5 Å². The molecule has 0 radical (unpaired) electrons. The van der Waals surface area contributed by atoms with Crippen LogP contribution in [0.3, 0.4) is 0 Å². The molecule has 5 heteroatoms. The lowest BCUT2D eigenvalue weighted by Crippen LogP contribution is -2.18. The van der Waals surface area contributed by atoms with E-state index in [-0.39, 0.29) is 0 Å². The summed E-state index contributed by atoms with van der Waals surface area (Å²) in [5, 5.41) is 3.38. The smallest absolute Gasteiger partial charge is 0.225 e. The zero-order chi connectivity index (χ0) is 11.8. The maximum atomic E-state index is 4.44. The van der Waals surface area contributed by atoms with Crippen LogP contribution in [0, 0.1) is 0 Å². The number of rotatable bonds is 7. The molecule has 0 saturated heterocycles. The van der Waals surface area contributed by atoms with Gasteiger partial charge in [-0.15, -0.1) is 0 Å². The van der Waals surface area contributed by atoms with Crippen molar-refractivity contribution in [2.24, 2.45) is 0 Å². The molecule has 0 saturated carbocycles. The van der Waals surface area contributed by atoms with Crippen LogP contribution in [0.15, 0.2) is 12.3 Å². The van der Waals surface area contributed by atoms with Gasteiger partial charge in [-0.3, -0.25) is 0 Å². The molecule has 0 aliphatic heterocycles. The van der Waals surface area contributed by atoms with Crippen LogP contribution in [0.25, 0.3) is 0 Å². The Bertz CT molecular complexity index is 304. The van der Waals surface area contributed by atoms with Crippen LogP contribution >= 0.6 is 11.8 Å². The number of thioether (sulfide) groups is 1. The highest BCUT2D eigenvalue weighted by Crippen LogP contribution is 2.03. The molecule has 1 N–H and O–H groups in total. The molecule has 16 heavy (non-hydrogen) atoms. The summed E-state index contributed by atoms with van der Waals surface area (Å²) >= 11 is 1.88. The fourth-order valence-electron chi connectivity index (χ4n) is 1.26. The van der Waals surface area contributed by atoms with Gasteiger partial charge in [0.05, 0.1) is 5.69 Å². The molecule has 0 spiro atoms. The molecule has 1 heterocycles. The molecule has 0 aliphatic carbocycles. The van der Waals surface area contributed by atoms with E-state index in [9.17, 15) is 0 Å². The fourth-order valence-corrected chi connectivity index (χ4v) is 1.69. The van der Waals surface area contributed by atoms with E-state index in [1.54, 1.807) is 6.20 Å². The van der Waals surface area contributed by atoms with Crippen LogP contribution in [-0.4, -0.2) is 42.6 Å². The second-order valence-electron chi connectivity index (χ2n) is 3.77. The van der Waals surface area contributed by atoms with Crippen LogP contribution < -0.4 is 10.2 Å². The summed E-state index contributed by atoms with van der Waals surface area (Å²) in [7, 11) is 3.90. The summed E-state index contributed by atoms with van der Waals surface area (Å²) in [6.07, 6.45) is 5.14. The van der Waals surface area contributed by atoms with Gasteiger partial charge in [0, 0.05) is 26.8 Å². The number of aromatic nitrogens is 2. The molecule has 1 aromatic heterocycles. The van der Waals surface area contributed by atoms with Crippen LogP contribution in [0.1, 0.15) is 12.1 Å². The normalized spacial score (nSPS) is 10.4. The van der Waals surface area contributed by atoms with Crippen LogP contribution in [0.4, 0.5) is 5.95 Å². The van der Waals surface area contributed by atoms with E-state index in [1.165, 1.54) is 12.2 Å². The largest absolute Gasteiger partial charge is 0.347 e. The molecule has 0 amide bonds. The highest BCUT2D eigenvalue weighted by Gasteiger charge is 2.00. The molecule has 0 unspecified atom stereocenters. The zero-order valence-corrected chi connectivity index (χ0v) is 11.0. The molecule has 0 aliphatic rings. The molecule has 90 valence electrons. The SMILES string of the molecule is CSCCCNCc1ccnc(N(C)C)n1. The summed E-state index contributed by atoms with van der Waals surface area (Å²) in [6.45, 7) is 1.86. The molecule has 4 nitrogen and oxygen atoms in total. The Morgan fingerprint density at radius 1 is 1.44 bits per heavy atom. The molecule has 0 aromatic carbocycles. The third-order valence-corrected chi connectivity index (χ3v) is 2.81. The van der Waals surface area contributed by atoms with Crippen molar-refractivity contribution in [3.63, 3.8) is 0 Å². The number of hydrogen-bond donors (Lipinski definition) is 1. The summed E-state index contributed by atoms with van der Waals surface area (Å²) in [5.41, 5.74) is 1.04. The van der Waals surface area contributed by atoms with Crippen molar-refractivity contribution in [2.75, 3.05) is 37.5 Å². The molecular formula is C11H20N4S. The average molecular weight is 240 g/mol. The zero-order valence-electron chi connectivity index (χ0n) is 10.2. The summed E-state index contributed by atoms with van der Waals surface area (Å²) in [4.78, 5) is 10.5. The first kappa shape index (κ1) is 13.3. The second kappa shape index (κ2) is 7.46. The predicted molar refractivity (Wildman–Crippen MR) is 71.1 cm³/mol. The molecule has 1 aromatic rings. The summed E-state index contributed by atoms with van der Waals surface area (Å²) in [6, 6.07) is 1.95. The van der Waals surface area contributed by atoms with Crippen molar-refractivity contribution in [3.05, 3.63) is 18.0 Å². The van der Waals surface area contributed by atoms with Crippen molar-refractivity contribution >= 4 is 17.7 Å². The molecule has 0 atom stereocenters. The van der Waals surface area contributed by atoms with Gasteiger partial charge in [-0.25, -0.2) is 9.97 Å². The van der Waals surface area contributed by atoms with Gasteiger partial charge in [0.1, 0.15) is 0 Å². The van der Waals surface area contributed by atoms with Crippen LogP contribution in [0.5, 0.6) is 0 Å². The van der Waals surface area contributed by atoms with Gasteiger partial charge in [0.2, 0.25) is 5.95 Å². The van der Waals surface area contributed by atoms with Crippen molar-refractivity contribution < 1.29 is 0 Å². The van der Waals surface area contributed by atoms with Gasteiger partial charge >= 0.3 is 0 Å². The minimum Gasteiger partial charge on any atom is -0.347 e. The van der Waals surface area contributed by atoms with E-state index in [1.807, 2.05) is 36.8 Å². The lowest BCUT2D eigenvalue weighted by Gasteiger charge is -2.11. The summed E-state index contributed by atoms with van der Waals surface area (Å²) in [5.74, 6) is 1.98. The Labute approximate surface area is 102 Å². The predicted octanol–water partition coefficient (Wildman–Crippen LogP) is 1.39. The van der Waals surface area contributed by atoms with E-state index in [0.717, 1.165) is 24.7 Å². The Hall–Kier alpha value is -0.810. The van der Waals surface area contributed by atoms with E-state index in [4.69, 9.17) is 0 Å². The maximum Gasteiger partial charge on any atom is 0.225 e. The van der Waals surface area contributed by atoms with Gasteiger partial charge in [0.25, 0.3) is 0 Å². The molecule has 1 rings (SSSR count). The monoisotopic (exact) mass is 240 g/mol. The molecule has 0 bridgehead atoms. The van der Waals surface area contributed by atoms with Crippen molar-refractivity contribution in [2.45, 2.75) is 13.0 Å². The van der Waals surface area contributed by atoms with Crippen LogP contribution in [-0.2, 0) is 6.54 Å². The Morgan fingerprint density at radius 2 is 2.25 bits per heavy atom. The van der Waals surface area contributed by atoms with Gasteiger partial charge in [0.15, 0.2) is 0 Å². The van der Waals surface area contributed by atoms with E-state index < -0.39 is 0 Å². The fraction of sp³-hybridized carbons (Fsp3) is 0.636. The highest BCUT2D eigenvalue weighted by atomic mass is 32.2. The van der Waals surface area contributed by atoms with Crippen molar-refractivity contribution in [1.82, 2.24) is 15.3 Å². The third-order valence-electron chi connectivity index (χ3n) is 2.11. The van der Waals surface area contributed by atoms with Gasteiger partial charge in [-0.05, 0) is 31.0 Å². The second-order valence-corrected chi connectivity index (χ2v) is 4.75. The standard InChI is InChI=1S/C11H20N4S/c1-15(2)11-13-7-5-10(14-11)9-12-6-4-8-16-3/h5,7,12H,4,6,8-9H2,1-3H3. The van der Waals surface area contributed by atoms with Crippen molar-refractivity contribution in [3.8, 4) is 0 Å². The van der Waals surface area contributed by atoms with Gasteiger partial charge in [-0.2, -0.15) is 11.8 Å². The van der Waals surface area contributed by atoms with Crippen LogP contribution in [0.2, 0.25) is 0 Å². The lowest BCUT2D eigenvalue weighted by molar-refractivity contribution is 0.665. The van der Waals surface area contributed by atoms with E-state index in [0.29, 0.717) is 0 Å². The minimum absolute atomic E-state index is 0.767. The Kier molecular flexibility index (Phi) is 6.18. The number of nitrogens with zero attached hydrogens (tertiary/aromatic N) is 3. The quantitative estimate of drug-likeness (QED) is 0.729.